The number of nitrogens with one attached hydrogen (secondary N) is 1. The molecule has 9 heavy (non-hydrogen) atoms. The van der Waals surface area contributed by atoms with Crippen molar-refractivity contribution in [3.05, 3.63) is 11.8 Å². The Hall–Kier alpha value is -1.32. The molecule has 1 heterocycles. The van der Waals surface area contributed by atoms with Crippen molar-refractivity contribution in [1.29, 1.82) is 5.41 Å². The van der Waals surface area contributed by atoms with Gasteiger partial charge in [0.05, 0.1) is 0 Å². The van der Waals surface area contributed by atoms with E-state index in [2.05, 4.69) is 4.99 Å². The zero-order valence-corrected chi connectivity index (χ0v) is 4.79. The lowest BCUT2D eigenvalue weighted by Crippen LogP contribution is -2.17. The van der Waals surface area contributed by atoms with E-state index in [1.54, 1.807) is 12.3 Å². The lowest BCUT2D eigenvalue weighted by molar-refractivity contribution is 0.238. The summed E-state index contributed by atoms with van der Waals surface area (Å²) in [6.45, 7) is 0.269. The Morgan fingerprint density at radius 1 is 1.89 bits per heavy atom. The van der Waals surface area contributed by atoms with Crippen LogP contribution in [0.1, 0.15) is 0 Å². The maximum absolute atomic E-state index is 6.91. The van der Waals surface area contributed by atoms with E-state index in [1.807, 2.05) is 0 Å². The van der Waals surface area contributed by atoms with Crippen molar-refractivity contribution in [1.82, 2.24) is 0 Å². The van der Waals surface area contributed by atoms with E-state index in [-0.39, 0.29) is 12.6 Å². The van der Waals surface area contributed by atoms with Crippen LogP contribution in [0.5, 0.6) is 0 Å². The van der Waals surface area contributed by atoms with Gasteiger partial charge in [0, 0.05) is 12.3 Å². The first-order valence-corrected chi connectivity index (χ1v) is 2.48. The Morgan fingerprint density at radius 3 is 3.00 bits per heavy atom. The second-order valence-electron chi connectivity index (χ2n) is 1.55. The number of amidine groups is 1. The molecular weight excluding hydrogens is 118 g/mol. The fourth-order valence-electron chi connectivity index (χ4n) is 0.486. The molecule has 0 aromatic heterocycles. The Morgan fingerprint density at radius 2 is 2.67 bits per heavy atom. The molecule has 0 bridgehead atoms. The average molecular weight is 125 g/mol. The van der Waals surface area contributed by atoms with E-state index in [1.165, 1.54) is 0 Å². The molecule has 0 aromatic rings. The third kappa shape index (κ3) is 1.28. The summed E-state index contributed by atoms with van der Waals surface area (Å²) in [6.07, 6.45) is 3.13. The summed E-state index contributed by atoms with van der Waals surface area (Å²) in [5, 5.41) is 6.91. The standard InChI is InChI=1S/C5H7N3O/c6-5(7)4-1-2-8-3-9-4/h1-2H,3H2,(H3,6,7). The molecule has 0 fully saturated rings. The largest absolute Gasteiger partial charge is 0.467 e. The van der Waals surface area contributed by atoms with Gasteiger partial charge in [0.15, 0.2) is 18.3 Å². The molecule has 0 unspecified atom stereocenters. The summed E-state index contributed by atoms with van der Waals surface area (Å²) >= 11 is 0. The molecule has 48 valence electrons. The van der Waals surface area contributed by atoms with Crippen molar-refractivity contribution in [2.24, 2.45) is 10.7 Å². The summed E-state index contributed by atoms with van der Waals surface area (Å²) in [5.74, 6) is 0.339. The van der Waals surface area contributed by atoms with Crippen molar-refractivity contribution >= 4 is 12.1 Å². The Bertz CT molecular complexity index is 183. The molecule has 1 aliphatic rings. The second kappa shape index (κ2) is 2.30. The van der Waals surface area contributed by atoms with Crippen LogP contribution >= 0.6 is 0 Å². The molecule has 0 atom stereocenters. The first kappa shape index (κ1) is 5.81. The number of nitrogens with zero attached hydrogens (tertiary/aromatic N) is 1. The summed E-state index contributed by atoms with van der Waals surface area (Å²) in [4.78, 5) is 3.73. The van der Waals surface area contributed by atoms with Gasteiger partial charge in [-0.3, -0.25) is 10.4 Å². The number of hydrogen-bond donors (Lipinski definition) is 2. The highest BCUT2D eigenvalue weighted by molar-refractivity contribution is 5.96. The SMILES string of the molecule is N=C(N)C1=CC=NCO1. The number of aliphatic imine (C=N–C) groups is 1. The molecule has 0 radical (unpaired) electrons. The summed E-state index contributed by atoms with van der Waals surface area (Å²) in [6, 6.07) is 0. The van der Waals surface area contributed by atoms with E-state index in [0.29, 0.717) is 5.76 Å². The van der Waals surface area contributed by atoms with Gasteiger partial charge in [-0.15, -0.1) is 0 Å². The van der Waals surface area contributed by atoms with Crippen molar-refractivity contribution in [2.75, 3.05) is 6.73 Å². The number of nitrogens with two attached hydrogens (primary N) is 1. The average Bonchev–Trinajstić information content (AvgIpc) is 1.90. The summed E-state index contributed by atoms with van der Waals surface area (Å²) < 4.78 is 4.85. The smallest absolute Gasteiger partial charge is 0.179 e. The highest BCUT2D eigenvalue weighted by Gasteiger charge is 2.01. The van der Waals surface area contributed by atoms with Crippen LogP contribution in [0.4, 0.5) is 0 Å². The van der Waals surface area contributed by atoms with Gasteiger partial charge in [-0.1, -0.05) is 0 Å². The normalized spacial score (nSPS) is 16.2. The van der Waals surface area contributed by atoms with Gasteiger partial charge in [0.2, 0.25) is 0 Å². The Kier molecular flexibility index (Phi) is 1.48. The van der Waals surface area contributed by atoms with Crippen LogP contribution in [0, 0.1) is 5.41 Å². The number of rotatable bonds is 1. The van der Waals surface area contributed by atoms with E-state index in [0.717, 1.165) is 0 Å². The van der Waals surface area contributed by atoms with Crippen LogP contribution < -0.4 is 5.73 Å². The first-order valence-electron chi connectivity index (χ1n) is 2.48. The number of ether oxygens (including phenoxy) is 1. The van der Waals surface area contributed by atoms with Gasteiger partial charge in [0.1, 0.15) is 0 Å². The molecular formula is C5H7N3O. The minimum Gasteiger partial charge on any atom is -0.467 e. The van der Waals surface area contributed by atoms with Gasteiger partial charge in [0.25, 0.3) is 0 Å². The van der Waals surface area contributed by atoms with E-state index >= 15 is 0 Å². The zero-order valence-electron chi connectivity index (χ0n) is 4.79. The quantitative estimate of drug-likeness (QED) is 0.378. The monoisotopic (exact) mass is 125 g/mol. The summed E-state index contributed by atoms with van der Waals surface area (Å²) in [7, 11) is 0. The fourth-order valence-corrected chi connectivity index (χ4v) is 0.486. The van der Waals surface area contributed by atoms with Gasteiger partial charge in [-0.2, -0.15) is 0 Å². The number of allylic oxidation sites excluding steroid dienone is 1. The molecule has 4 heteroatoms. The van der Waals surface area contributed by atoms with Crippen LogP contribution in [0.3, 0.4) is 0 Å². The maximum atomic E-state index is 6.91. The first-order chi connectivity index (χ1) is 4.30. The van der Waals surface area contributed by atoms with Gasteiger partial charge in [-0.05, 0) is 0 Å². The molecule has 0 saturated carbocycles. The lowest BCUT2D eigenvalue weighted by atomic mass is 10.4. The molecule has 0 aliphatic carbocycles. The third-order valence-electron chi connectivity index (χ3n) is 0.891. The molecule has 0 saturated heterocycles. The van der Waals surface area contributed by atoms with Crippen molar-refractivity contribution in [2.45, 2.75) is 0 Å². The predicted molar refractivity (Wildman–Crippen MR) is 34.4 cm³/mol. The third-order valence-corrected chi connectivity index (χ3v) is 0.891. The van der Waals surface area contributed by atoms with Crippen LogP contribution in [0.25, 0.3) is 0 Å². The van der Waals surface area contributed by atoms with E-state index in [4.69, 9.17) is 15.9 Å². The fraction of sp³-hybridized carbons (Fsp3) is 0.200. The molecule has 0 spiro atoms. The molecule has 0 amide bonds. The van der Waals surface area contributed by atoms with Crippen molar-refractivity contribution < 1.29 is 4.74 Å². The molecule has 4 nitrogen and oxygen atoms in total. The van der Waals surface area contributed by atoms with E-state index in [9.17, 15) is 0 Å². The molecule has 1 rings (SSSR count). The Balaban J connectivity index is 2.68. The van der Waals surface area contributed by atoms with E-state index < -0.39 is 0 Å². The molecule has 0 aromatic carbocycles. The van der Waals surface area contributed by atoms with Gasteiger partial charge in [-0.25, -0.2) is 0 Å². The van der Waals surface area contributed by atoms with Crippen LogP contribution in [-0.2, 0) is 4.74 Å². The van der Waals surface area contributed by atoms with Crippen LogP contribution in [0.15, 0.2) is 16.8 Å². The van der Waals surface area contributed by atoms with Gasteiger partial charge < -0.3 is 10.5 Å². The minimum atomic E-state index is -0.0545. The topological polar surface area (TPSA) is 71.5 Å². The predicted octanol–water partition coefficient (Wildman–Crippen LogP) is -0.135. The van der Waals surface area contributed by atoms with Crippen molar-refractivity contribution in [3.63, 3.8) is 0 Å². The maximum Gasteiger partial charge on any atom is 0.179 e. The van der Waals surface area contributed by atoms with Crippen LogP contribution in [0.2, 0.25) is 0 Å². The number of hydrogen-bond acceptors (Lipinski definition) is 3. The Labute approximate surface area is 52.5 Å². The second-order valence-corrected chi connectivity index (χ2v) is 1.55. The highest BCUT2D eigenvalue weighted by Crippen LogP contribution is 1.98. The van der Waals surface area contributed by atoms with Crippen molar-refractivity contribution in [3.8, 4) is 0 Å². The summed E-state index contributed by atoms with van der Waals surface area (Å²) in [5.41, 5.74) is 5.10. The van der Waals surface area contributed by atoms with Crippen LogP contribution in [-0.4, -0.2) is 18.8 Å². The highest BCUT2D eigenvalue weighted by atomic mass is 16.5. The van der Waals surface area contributed by atoms with Gasteiger partial charge >= 0.3 is 0 Å². The molecule has 3 N–H and O–H groups in total. The minimum absolute atomic E-state index is 0.0545. The lowest BCUT2D eigenvalue weighted by Gasteiger charge is -2.07. The molecule has 1 aliphatic heterocycles. The zero-order chi connectivity index (χ0) is 6.69.